The van der Waals surface area contributed by atoms with E-state index in [1.165, 1.54) is 19.3 Å². The highest BCUT2D eigenvalue weighted by atomic mass is 16.5. The van der Waals surface area contributed by atoms with Gasteiger partial charge in [-0.25, -0.2) is 0 Å². The van der Waals surface area contributed by atoms with Crippen LogP contribution in [0, 0.1) is 0 Å². The largest absolute Gasteiger partial charge is 0.375 e. The standard InChI is InChI=1S/C13H21N3O2/c1-14-8-10-7-11(18-15-10)9-16-5-6-17-13-4-2-3-12(13)16/h7,12-14H,2-6,8-9H2,1H3. The Morgan fingerprint density at radius 1 is 1.50 bits per heavy atom. The highest BCUT2D eigenvalue weighted by molar-refractivity contribution is 5.06. The maximum Gasteiger partial charge on any atom is 0.151 e. The predicted octanol–water partition coefficient (Wildman–Crippen LogP) is 1.15. The first kappa shape index (κ1) is 12.1. The van der Waals surface area contributed by atoms with Gasteiger partial charge >= 0.3 is 0 Å². The minimum Gasteiger partial charge on any atom is -0.375 e. The number of nitrogens with zero attached hydrogens (tertiary/aromatic N) is 2. The zero-order chi connectivity index (χ0) is 12.4. The van der Waals surface area contributed by atoms with Crippen LogP contribution in [0.15, 0.2) is 10.6 Å². The van der Waals surface area contributed by atoms with E-state index in [2.05, 4.69) is 21.4 Å². The molecule has 3 rings (SSSR count). The summed E-state index contributed by atoms with van der Waals surface area (Å²) in [5.41, 5.74) is 0.976. The van der Waals surface area contributed by atoms with Crippen molar-refractivity contribution in [1.82, 2.24) is 15.4 Å². The summed E-state index contributed by atoms with van der Waals surface area (Å²) in [6.45, 7) is 3.47. The van der Waals surface area contributed by atoms with Crippen molar-refractivity contribution in [2.24, 2.45) is 0 Å². The van der Waals surface area contributed by atoms with Gasteiger partial charge in [0.1, 0.15) is 0 Å². The lowest BCUT2D eigenvalue weighted by molar-refractivity contribution is -0.0610. The molecule has 1 saturated carbocycles. The van der Waals surface area contributed by atoms with Crippen LogP contribution in [-0.2, 0) is 17.8 Å². The van der Waals surface area contributed by atoms with E-state index in [9.17, 15) is 0 Å². The molecule has 0 bridgehead atoms. The van der Waals surface area contributed by atoms with Gasteiger partial charge in [0, 0.05) is 25.2 Å². The molecule has 2 aliphatic rings. The van der Waals surface area contributed by atoms with E-state index in [1.807, 2.05) is 7.05 Å². The van der Waals surface area contributed by atoms with Gasteiger partial charge in [-0.2, -0.15) is 0 Å². The highest BCUT2D eigenvalue weighted by Gasteiger charge is 2.36. The van der Waals surface area contributed by atoms with E-state index in [0.29, 0.717) is 12.1 Å². The number of morpholine rings is 1. The van der Waals surface area contributed by atoms with Gasteiger partial charge in [0.25, 0.3) is 0 Å². The number of aromatic nitrogens is 1. The fourth-order valence-electron chi connectivity index (χ4n) is 3.10. The molecule has 100 valence electrons. The lowest BCUT2D eigenvalue weighted by Gasteiger charge is -2.36. The van der Waals surface area contributed by atoms with Crippen LogP contribution in [0.1, 0.15) is 30.7 Å². The van der Waals surface area contributed by atoms with Crippen LogP contribution in [0.3, 0.4) is 0 Å². The average Bonchev–Trinajstić information content (AvgIpc) is 2.99. The Balaban J connectivity index is 1.63. The number of nitrogens with one attached hydrogen (secondary N) is 1. The van der Waals surface area contributed by atoms with E-state index in [0.717, 1.165) is 37.7 Å². The van der Waals surface area contributed by atoms with Crippen molar-refractivity contribution >= 4 is 0 Å². The molecule has 1 aliphatic heterocycles. The molecule has 2 unspecified atom stereocenters. The summed E-state index contributed by atoms with van der Waals surface area (Å²) in [7, 11) is 1.92. The van der Waals surface area contributed by atoms with E-state index in [-0.39, 0.29) is 0 Å². The fourth-order valence-corrected chi connectivity index (χ4v) is 3.10. The van der Waals surface area contributed by atoms with E-state index >= 15 is 0 Å². The zero-order valence-corrected chi connectivity index (χ0v) is 10.9. The SMILES string of the molecule is CNCc1cc(CN2CCOC3CCCC32)on1. The third-order valence-corrected chi connectivity index (χ3v) is 3.92. The summed E-state index contributed by atoms with van der Waals surface area (Å²) in [4.78, 5) is 2.49. The third-order valence-electron chi connectivity index (χ3n) is 3.92. The molecule has 2 heterocycles. The van der Waals surface area contributed by atoms with Gasteiger partial charge in [-0.05, 0) is 26.3 Å². The number of hydrogen-bond donors (Lipinski definition) is 1. The molecule has 1 aromatic heterocycles. The molecular weight excluding hydrogens is 230 g/mol. The molecule has 1 aromatic rings. The van der Waals surface area contributed by atoms with E-state index in [4.69, 9.17) is 9.26 Å². The first-order valence-electron chi connectivity index (χ1n) is 6.81. The first-order valence-corrected chi connectivity index (χ1v) is 6.81. The molecule has 18 heavy (non-hydrogen) atoms. The number of ether oxygens (including phenoxy) is 1. The van der Waals surface area contributed by atoms with Crippen molar-refractivity contribution in [2.45, 2.75) is 44.5 Å². The molecule has 0 amide bonds. The molecule has 2 fully saturated rings. The summed E-state index contributed by atoms with van der Waals surface area (Å²) in [5, 5.41) is 7.14. The van der Waals surface area contributed by atoms with Crippen molar-refractivity contribution in [1.29, 1.82) is 0 Å². The van der Waals surface area contributed by atoms with Crippen molar-refractivity contribution in [2.75, 3.05) is 20.2 Å². The molecule has 0 radical (unpaired) electrons. The van der Waals surface area contributed by atoms with E-state index < -0.39 is 0 Å². The first-order chi connectivity index (χ1) is 8.86. The number of rotatable bonds is 4. The topological polar surface area (TPSA) is 50.5 Å². The Hall–Kier alpha value is -0.910. The molecule has 2 atom stereocenters. The molecule has 5 nitrogen and oxygen atoms in total. The molecule has 1 N–H and O–H groups in total. The second-order valence-corrected chi connectivity index (χ2v) is 5.19. The van der Waals surface area contributed by atoms with Crippen LogP contribution in [-0.4, -0.2) is 42.4 Å². The number of fused-ring (bicyclic) bond motifs is 1. The molecule has 1 saturated heterocycles. The van der Waals surface area contributed by atoms with Gasteiger partial charge in [-0.15, -0.1) is 0 Å². The molecule has 0 aromatic carbocycles. The van der Waals surface area contributed by atoms with Crippen LogP contribution in [0.5, 0.6) is 0 Å². The van der Waals surface area contributed by atoms with Crippen molar-refractivity contribution in [3.05, 3.63) is 17.5 Å². The van der Waals surface area contributed by atoms with Crippen LogP contribution >= 0.6 is 0 Å². The van der Waals surface area contributed by atoms with E-state index in [1.54, 1.807) is 0 Å². The van der Waals surface area contributed by atoms with Gasteiger partial charge in [-0.3, -0.25) is 4.90 Å². The summed E-state index contributed by atoms with van der Waals surface area (Å²) in [5.74, 6) is 0.966. The summed E-state index contributed by atoms with van der Waals surface area (Å²) in [6.07, 6.45) is 4.19. The van der Waals surface area contributed by atoms with Crippen LogP contribution < -0.4 is 5.32 Å². The van der Waals surface area contributed by atoms with Gasteiger partial charge in [0.15, 0.2) is 5.76 Å². The van der Waals surface area contributed by atoms with Crippen LogP contribution in [0.2, 0.25) is 0 Å². The Labute approximate surface area is 107 Å². The maximum absolute atomic E-state index is 5.82. The smallest absolute Gasteiger partial charge is 0.151 e. The summed E-state index contributed by atoms with van der Waals surface area (Å²) < 4.78 is 11.2. The second kappa shape index (κ2) is 5.38. The average molecular weight is 251 g/mol. The summed E-state index contributed by atoms with van der Waals surface area (Å²) in [6, 6.07) is 2.63. The Bertz CT molecular complexity index is 393. The predicted molar refractivity (Wildman–Crippen MR) is 67.1 cm³/mol. The van der Waals surface area contributed by atoms with Crippen LogP contribution in [0.4, 0.5) is 0 Å². The molecular formula is C13H21N3O2. The highest BCUT2D eigenvalue weighted by Crippen LogP contribution is 2.30. The normalized spacial score (nSPS) is 28.5. The molecule has 5 heteroatoms. The summed E-state index contributed by atoms with van der Waals surface area (Å²) >= 11 is 0. The monoisotopic (exact) mass is 251 g/mol. The fraction of sp³-hybridized carbons (Fsp3) is 0.769. The third kappa shape index (κ3) is 2.43. The quantitative estimate of drug-likeness (QED) is 0.870. The Morgan fingerprint density at radius 2 is 2.44 bits per heavy atom. The lowest BCUT2D eigenvalue weighted by atomic mass is 10.1. The van der Waals surface area contributed by atoms with Crippen molar-refractivity contribution < 1.29 is 9.26 Å². The van der Waals surface area contributed by atoms with Crippen LogP contribution in [0.25, 0.3) is 0 Å². The second-order valence-electron chi connectivity index (χ2n) is 5.19. The zero-order valence-electron chi connectivity index (χ0n) is 10.9. The molecule has 1 aliphatic carbocycles. The minimum absolute atomic E-state index is 0.443. The minimum atomic E-state index is 0.443. The van der Waals surface area contributed by atoms with Crippen molar-refractivity contribution in [3.63, 3.8) is 0 Å². The van der Waals surface area contributed by atoms with Gasteiger partial charge in [0.05, 0.1) is 24.9 Å². The number of hydrogen-bond acceptors (Lipinski definition) is 5. The van der Waals surface area contributed by atoms with Gasteiger partial charge < -0.3 is 14.6 Å². The van der Waals surface area contributed by atoms with Crippen molar-refractivity contribution in [3.8, 4) is 0 Å². The lowest BCUT2D eigenvalue weighted by Crippen LogP contribution is -2.47. The van der Waals surface area contributed by atoms with Gasteiger partial charge in [-0.1, -0.05) is 5.16 Å². The Kier molecular flexibility index (Phi) is 3.63. The maximum atomic E-state index is 5.82. The van der Waals surface area contributed by atoms with Gasteiger partial charge in [0.2, 0.25) is 0 Å². The molecule has 0 spiro atoms. The Morgan fingerprint density at radius 3 is 3.33 bits per heavy atom.